The molecular formula is C21H26ClNO2. The third kappa shape index (κ3) is 5.32. The highest BCUT2D eigenvalue weighted by Crippen LogP contribution is 2.29. The van der Waals surface area contributed by atoms with Crippen LogP contribution in [0.2, 0.25) is 0 Å². The molecule has 1 aliphatic heterocycles. The minimum absolute atomic E-state index is 0. The molecule has 0 bridgehead atoms. The number of esters is 1. The normalized spacial score (nSPS) is 17.6. The van der Waals surface area contributed by atoms with Crippen LogP contribution in [0.5, 0.6) is 5.75 Å². The molecule has 1 heterocycles. The average molecular weight is 360 g/mol. The highest BCUT2D eigenvalue weighted by atomic mass is 35.5. The van der Waals surface area contributed by atoms with Crippen LogP contribution in [-0.2, 0) is 0 Å². The third-order valence-electron chi connectivity index (χ3n) is 4.59. The van der Waals surface area contributed by atoms with Crippen molar-refractivity contribution < 1.29 is 9.53 Å². The number of nitrogens with zero attached hydrogens (tertiary/aromatic N) is 1. The van der Waals surface area contributed by atoms with Crippen molar-refractivity contribution in [3.63, 3.8) is 0 Å². The summed E-state index contributed by atoms with van der Waals surface area (Å²) in [6.45, 7) is 5.70. The first kappa shape index (κ1) is 19.5. The topological polar surface area (TPSA) is 29.5 Å². The van der Waals surface area contributed by atoms with Crippen LogP contribution in [0, 0.1) is 0 Å². The minimum Gasteiger partial charge on any atom is -0.423 e. The molecule has 2 aromatic carbocycles. The lowest BCUT2D eigenvalue weighted by molar-refractivity contribution is 0.0734. The largest absolute Gasteiger partial charge is 0.423 e. The second-order valence-electron chi connectivity index (χ2n) is 6.47. The summed E-state index contributed by atoms with van der Waals surface area (Å²) in [4.78, 5) is 14.7. The molecule has 0 aromatic heterocycles. The summed E-state index contributed by atoms with van der Waals surface area (Å²) in [6.07, 6.45) is 3.64. The molecule has 4 heteroatoms. The van der Waals surface area contributed by atoms with Crippen molar-refractivity contribution in [3.05, 3.63) is 65.7 Å². The number of ether oxygens (including phenoxy) is 1. The zero-order valence-electron chi connectivity index (χ0n) is 14.7. The number of rotatable bonds is 5. The molecule has 1 saturated heterocycles. The monoisotopic (exact) mass is 359 g/mol. The zero-order chi connectivity index (χ0) is 16.8. The summed E-state index contributed by atoms with van der Waals surface area (Å²) in [5, 5.41) is 0. The Morgan fingerprint density at radius 3 is 2.72 bits per heavy atom. The van der Waals surface area contributed by atoms with E-state index in [4.69, 9.17) is 4.74 Å². The number of piperidine rings is 1. The number of halogens is 1. The molecule has 0 saturated carbocycles. The van der Waals surface area contributed by atoms with Gasteiger partial charge in [-0.25, -0.2) is 4.79 Å². The molecule has 0 spiro atoms. The van der Waals surface area contributed by atoms with Gasteiger partial charge in [-0.1, -0.05) is 37.3 Å². The maximum Gasteiger partial charge on any atom is 0.343 e. The van der Waals surface area contributed by atoms with Crippen LogP contribution in [0.3, 0.4) is 0 Å². The highest BCUT2D eigenvalue weighted by molar-refractivity contribution is 5.90. The van der Waals surface area contributed by atoms with Crippen LogP contribution in [0.15, 0.2) is 54.6 Å². The van der Waals surface area contributed by atoms with Gasteiger partial charge < -0.3 is 9.64 Å². The average Bonchev–Trinajstić information content (AvgIpc) is 2.63. The van der Waals surface area contributed by atoms with Gasteiger partial charge in [0.15, 0.2) is 0 Å². The summed E-state index contributed by atoms with van der Waals surface area (Å²) >= 11 is 0. The molecule has 0 radical (unpaired) electrons. The van der Waals surface area contributed by atoms with Crippen LogP contribution in [0.25, 0.3) is 0 Å². The molecule has 25 heavy (non-hydrogen) atoms. The van der Waals surface area contributed by atoms with Crippen molar-refractivity contribution in [2.24, 2.45) is 0 Å². The predicted octanol–water partition coefficient (Wildman–Crippen LogP) is 4.92. The van der Waals surface area contributed by atoms with Crippen LogP contribution in [0.4, 0.5) is 0 Å². The highest BCUT2D eigenvalue weighted by Gasteiger charge is 2.21. The maximum atomic E-state index is 12.2. The van der Waals surface area contributed by atoms with Crippen molar-refractivity contribution in [2.75, 3.05) is 19.6 Å². The maximum absolute atomic E-state index is 12.2. The predicted molar refractivity (Wildman–Crippen MR) is 104 cm³/mol. The first-order valence-corrected chi connectivity index (χ1v) is 8.86. The third-order valence-corrected chi connectivity index (χ3v) is 4.59. The van der Waals surface area contributed by atoms with E-state index in [1.165, 1.54) is 37.9 Å². The lowest BCUT2D eigenvalue weighted by Gasteiger charge is -2.32. The van der Waals surface area contributed by atoms with Gasteiger partial charge in [0, 0.05) is 6.54 Å². The molecule has 0 N–H and O–H groups in total. The van der Waals surface area contributed by atoms with E-state index in [-0.39, 0.29) is 18.4 Å². The van der Waals surface area contributed by atoms with E-state index in [0.29, 0.717) is 17.2 Å². The van der Waals surface area contributed by atoms with Gasteiger partial charge in [0.05, 0.1) is 5.56 Å². The van der Waals surface area contributed by atoms with E-state index >= 15 is 0 Å². The molecule has 0 aliphatic carbocycles. The first-order chi connectivity index (χ1) is 11.8. The Balaban J connectivity index is 0.00000225. The molecule has 2 aromatic rings. The SMILES string of the molecule is CCCN1CCCC(c2cccc(OC(=O)c3ccccc3)c2)C1.Cl. The molecular weight excluding hydrogens is 334 g/mol. The lowest BCUT2D eigenvalue weighted by Crippen LogP contribution is -2.34. The fourth-order valence-electron chi connectivity index (χ4n) is 3.42. The van der Waals surface area contributed by atoms with E-state index in [9.17, 15) is 4.79 Å². The summed E-state index contributed by atoms with van der Waals surface area (Å²) in [6, 6.07) is 17.2. The first-order valence-electron chi connectivity index (χ1n) is 8.86. The van der Waals surface area contributed by atoms with Crippen LogP contribution in [-0.4, -0.2) is 30.5 Å². The van der Waals surface area contributed by atoms with E-state index < -0.39 is 0 Å². The number of benzene rings is 2. The Labute approximate surface area is 156 Å². The Hall–Kier alpha value is -1.84. The lowest BCUT2D eigenvalue weighted by atomic mass is 9.90. The van der Waals surface area contributed by atoms with Gasteiger partial charge in [-0.2, -0.15) is 0 Å². The number of likely N-dealkylation sites (tertiary alicyclic amines) is 1. The Bertz CT molecular complexity index is 673. The number of hydrogen-bond acceptors (Lipinski definition) is 3. The van der Waals surface area contributed by atoms with Gasteiger partial charge in [-0.05, 0) is 68.1 Å². The number of carbonyl (C=O) groups is 1. The van der Waals surface area contributed by atoms with Crippen molar-refractivity contribution in [3.8, 4) is 5.75 Å². The summed E-state index contributed by atoms with van der Waals surface area (Å²) in [5.41, 5.74) is 1.85. The molecule has 0 amide bonds. The van der Waals surface area contributed by atoms with Gasteiger partial charge in [0.1, 0.15) is 5.75 Å². The van der Waals surface area contributed by atoms with E-state index in [0.717, 1.165) is 6.54 Å². The Morgan fingerprint density at radius 1 is 1.16 bits per heavy atom. The Kier molecular flexibility index (Phi) is 7.48. The second kappa shape index (κ2) is 9.59. The quantitative estimate of drug-likeness (QED) is 0.560. The van der Waals surface area contributed by atoms with Crippen molar-refractivity contribution in [2.45, 2.75) is 32.1 Å². The van der Waals surface area contributed by atoms with Crippen molar-refractivity contribution in [1.29, 1.82) is 0 Å². The van der Waals surface area contributed by atoms with E-state index in [1.807, 2.05) is 36.4 Å². The Morgan fingerprint density at radius 2 is 1.96 bits per heavy atom. The fraction of sp³-hybridized carbons (Fsp3) is 0.381. The standard InChI is InChI=1S/C21H25NO2.ClH/c1-2-13-22-14-7-11-19(16-22)18-10-6-12-20(15-18)24-21(23)17-8-4-3-5-9-17;/h3-6,8-10,12,15,19H,2,7,11,13-14,16H2,1H3;1H. The molecule has 1 unspecified atom stereocenters. The van der Waals surface area contributed by atoms with E-state index in [2.05, 4.69) is 17.9 Å². The number of hydrogen-bond donors (Lipinski definition) is 0. The molecule has 1 atom stereocenters. The molecule has 3 nitrogen and oxygen atoms in total. The summed E-state index contributed by atoms with van der Waals surface area (Å²) in [7, 11) is 0. The van der Waals surface area contributed by atoms with Crippen molar-refractivity contribution >= 4 is 18.4 Å². The minimum atomic E-state index is -0.302. The zero-order valence-corrected chi connectivity index (χ0v) is 15.5. The second-order valence-corrected chi connectivity index (χ2v) is 6.47. The van der Waals surface area contributed by atoms with Crippen LogP contribution >= 0.6 is 12.4 Å². The summed E-state index contributed by atoms with van der Waals surface area (Å²) < 4.78 is 5.55. The van der Waals surface area contributed by atoms with E-state index in [1.54, 1.807) is 12.1 Å². The molecule has 1 aliphatic rings. The van der Waals surface area contributed by atoms with Crippen LogP contribution in [0.1, 0.15) is 48.0 Å². The van der Waals surface area contributed by atoms with Gasteiger partial charge in [-0.15, -0.1) is 12.4 Å². The smallest absolute Gasteiger partial charge is 0.343 e. The van der Waals surface area contributed by atoms with Gasteiger partial charge in [-0.3, -0.25) is 0 Å². The fourth-order valence-corrected chi connectivity index (χ4v) is 3.42. The number of carbonyl (C=O) groups excluding carboxylic acids is 1. The van der Waals surface area contributed by atoms with Gasteiger partial charge >= 0.3 is 5.97 Å². The summed E-state index contributed by atoms with van der Waals surface area (Å²) in [5.74, 6) is 0.860. The molecule has 3 rings (SSSR count). The van der Waals surface area contributed by atoms with Crippen LogP contribution < -0.4 is 4.74 Å². The van der Waals surface area contributed by atoms with Crippen molar-refractivity contribution in [1.82, 2.24) is 4.90 Å². The van der Waals surface area contributed by atoms with Gasteiger partial charge in [0.2, 0.25) is 0 Å². The van der Waals surface area contributed by atoms with Gasteiger partial charge in [0.25, 0.3) is 0 Å². The molecule has 134 valence electrons. The molecule has 1 fully saturated rings.